The maximum Gasteiger partial charge on any atom is 0.482 e. The predicted octanol–water partition coefficient (Wildman–Crippen LogP) is 2.47. The second-order valence-corrected chi connectivity index (χ2v) is 7.90. The summed E-state index contributed by atoms with van der Waals surface area (Å²) in [4.78, 5) is 14.0. The van der Waals surface area contributed by atoms with Crippen LogP contribution in [0.4, 0.5) is 4.79 Å². The van der Waals surface area contributed by atoms with Gasteiger partial charge in [-0.2, -0.15) is 0 Å². The number of amides is 1. The van der Waals surface area contributed by atoms with Crippen LogP contribution in [0.3, 0.4) is 0 Å². The van der Waals surface area contributed by atoms with Gasteiger partial charge in [0.2, 0.25) is 0 Å². The van der Waals surface area contributed by atoms with E-state index in [0.29, 0.717) is 6.04 Å². The van der Waals surface area contributed by atoms with Gasteiger partial charge in [-0.15, -0.1) is 0 Å². The molecule has 0 aromatic heterocycles. The van der Waals surface area contributed by atoms with Crippen molar-refractivity contribution < 1.29 is 24.3 Å². The Morgan fingerprint density at radius 1 is 1.21 bits per heavy atom. The molecule has 28 heavy (non-hydrogen) atoms. The van der Waals surface area contributed by atoms with E-state index in [-0.39, 0.29) is 19.8 Å². The van der Waals surface area contributed by atoms with E-state index in [1.165, 1.54) is 5.56 Å². The fourth-order valence-electron chi connectivity index (χ4n) is 3.25. The first kappa shape index (κ1) is 24.3. The molecule has 0 heterocycles. The average molecular weight is 393 g/mol. The molecule has 0 atom stereocenters. The number of benzene rings is 1. The van der Waals surface area contributed by atoms with Crippen LogP contribution in [0.15, 0.2) is 24.3 Å². The topological polar surface area (TPSA) is 91.3 Å². The highest BCUT2D eigenvalue weighted by atomic mass is 16.6. The molecule has 1 amide bonds. The van der Waals surface area contributed by atoms with Crippen molar-refractivity contribution in [1.82, 2.24) is 10.2 Å². The van der Waals surface area contributed by atoms with E-state index < -0.39 is 5.60 Å². The summed E-state index contributed by atoms with van der Waals surface area (Å²) in [6.45, 7) is 6.51. The Labute approximate surface area is 169 Å². The number of methoxy groups -OCH3 is 1. The van der Waals surface area contributed by atoms with Gasteiger partial charge >= 0.3 is 13.8 Å². The van der Waals surface area contributed by atoms with Gasteiger partial charge in [0.25, 0.3) is 0 Å². The summed E-state index contributed by atoms with van der Waals surface area (Å²) in [7, 11) is 3.55. The van der Waals surface area contributed by atoms with Crippen LogP contribution < -0.4 is 10.1 Å². The Kier molecular flexibility index (Phi) is 10.3. The van der Waals surface area contributed by atoms with Crippen molar-refractivity contribution in [2.75, 3.05) is 14.2 Å². The molecule has 1 radical (unpaired) electrons. The molecule has 0 spiro atoms. The Hall–Kier alpha value is -1.77. The van der Waals surface area contributed by atoms with Gasteiger partial charge in [-0.25, -0.2) is 4.79 Å². The SMILES string of the molecule is COc1ccccc1CNC1CCC(N(C)C(=O)OC(C)(C)C)CC1.O[B]O. The van der Waals surface area contributed by atoms with Crippen LogP contribution >= 0.6 is 0 Å². The van der Waals surface area contributed by atoms with E-state index in [9.17, 15) is 4.79 Å². The third-order valence-corrected chi connectivity index (χ3v) is 4.70. The molecule has 1 fully saturated rings. The minimum Gasteiger partial charge on any atom is -0.496 e. The van der Waals surface area contributed by atoms with E-state index in [1.807, 2.05) is 46.0 Å². The van der Waals surface area contributed by atoms with Gasteiger partial charge in [0.1, 0.15) is 11.4 Å². The number of nitrogens with one attached hydrogen (secondary N) is 1. The first-order valence-electron chi connectivity index (χ1n) is 9.63. The second kappa shape index (κ2) is 11.9. The largest absolute Gasteiger partial charge is 0.496 e. The highest BCUT2D eigenvalue weighted by Crippen LogP contribution is 2.25. The Balaban J connectivity index is 0.00000122. The number of hydrogen-bond acceptors (Lipinski definition) is 6. The van der Waals surface area contributed by atoms with Crippen molar-refractivity contribution in [3.05, 3.63) is 29.8 Å². The van der Waals surface area contributed by atoms with Crippen LogP contribution in [-0.4, -0.2) is 60.6 Å². The Bertz CT molecular complexity index is 586. The van der Waals surface area contributed by atoms with Crippen molar-refractivity contribution in [3.8, 4) is 5.75 Å². The second-order valence-electron chi connectivity index (χ2n) is 7.90. The van der Waals surface area contributed by atoms with Gasteiger partial charge in [0.15, 0.2) is 0 Å². The summed E-state index contributed by atoms with van der Waals surface area (Å²) < 4.78 is 10.9. The zero-order chi connectivity index (χ0) is 21.2. The number of carbonyl (C=O) groups excluding carboxylic acids is 1. The normalized spacial score (nSPS) is 19.1. The fraction of sp³-hybridized carbons (Fsp3) is 0.650. The number of hydrogen-bond donors (Lipinski definition) is 3. The molecule has 1 saturated carbocycles. The summed E-state index contributed by atoms with van der Waals surface area (Å²) >= 11 is 0. The van der Waals surface area contributed by atoms with Gasteiger partial charge in [-0.3, -0.25) is 0 Å². The van der Waals surface area contributed by atoms with Crippen molar-refractivity contribution in [1.29, 1.82) is 0 Å². The van der Waals surface area contributed by atoms with E-state index >= 15 is 0 Å². The lowest BCUT2D eigenvalue weighted by atomic mass is 9.90. The predicted molar refractivity (Wildman–Crippen MR) is 110 cm³/mol. The van der Waals surface area contributed by atoms with Crippen LogP contribution in [0.2, 0.25) is 0 Å². The van der Waals surface area contributed by atoms with Crippen LogP contribution in [-0.2, 0) is 11.3 Å². The molecule has 8 heteroatoms. The fourth-order valence-corrected chi connectivity index (χ4v) is 3.25. The van der Waals surface area contributed by atoms with Crippen molar-refractivity contribution in [3.63, 3.8) is 0 Å². The number of nitrogens with zero attached hydrogens (tertiary/aromatic N) is 1. The van der Waals surface area contributed by atoms with Crippen molar-refractivity contribution in [2.24, 2.45) is 0 Å². The molecular formula is C20H34BN2O5. The quantitative estimate of drug-likeness (QED) is 0.666. The number of carbonyl (C=O) groups is 1. The van der Waals surface area contributed by atoms with Gasteiger partial charge in [-0.05, 0) is 52.5 Å². The average Bonchev–Trinajstić information content (AvgIpc) is 2.65. The van der Waals surface area contributed by atoms with Crippen LogP contribution in [0, 0.1) is 0 Å². The van der Waals surface area contributed by atoms with Gasteiger partial charge < -0.3 is 29.7 Å². The summed E-state index contributed by atoms with van der Waals surface area (Å²) in [5, 5.41) is 17.6. The molecule has 1 aromatic rings. The molecule has 0 unspecified atom stereocenters. The van der Waals surface area contributed by atoms with Crippen molar-refractivity contribution in [2.45, 2.75) is 70.7 Å². The first-order chi connectivity index (χ1) is 13.2. The minimum atomic E-state index is -0.446. The van der Waals surface area contributed by atoms with Crippen LogP contribution in [0.1, 0.15) is 52.0 Å². The molecular weight excluding hydrogens is 359 g/mol. The molecule has 0 saturated heterocycles. The number of ether oxygens (including phenoxy) is 2. The third-order valence-electron chi connectivity index (χ3n) is 4.70. The standard InChI is InChI=1S/C20H32N2O3.BH2O2/c1-20(2,3)25-19(23)22(4)17-12-10-16(11-13-17)21-14-15-8-6-7-9-18(15)24-5;2-1-3/h6-9,16-17,21H,10-14H2,1-5H3;2-3H. The van der Waals surface area contributed by atoms with E-state index in [1.54, 1.807) is 12.0 Å². The smallest absolute Gasteiger partial charge is 0.482 e. The maximum absolute atomic E-state index is 12.2. The van der Waals surface area contributed by atoms with Gasteiger partial charge in [0.05, 0.1) is 7.11 Å². The number of rotatable bonds is 5. The van der Waals surface area contributed by atoms with Crippen molar-refractivity contribution >= 4 is 13.8 Å². The monoisotopic (exact) mass is 393 g/mol. The molecule has 1 aliphatic rings. The highest BCUT2D eigenvalue weighted by molar-refractivity contribution is 6.13. The zero-order valence-corrected chi connectivity index (χ0v) is 17.6. The van der Waals surface area contributed by atoms with Gasteiger partial charge in [-0.1, -0.05) is 18.2 Å². The van der Waals surface area contributed by atoms with E-state index in [2.05, 4.69) is 11.4 Å². The first-order valence-corrected chi connectivity index (χ1v) is 9.63. The summed E-state index contributed by atoms with van der Waals surface area (Å²) in [5.74, 6) is 0.924. The number of para-hydroxylation sites is 1. The Morgan fingerprint density at radius 3 is 2.32 bits per heavy atom. The van der Waals surface area contributed by atoms with Gasteiger partial charge in [0, 0.05) is 31.2 Å². The van der Waals surface area contributed by atoms with E-state index in [4.69, 9.17) is 19.5 Å². The molecule has 2 rings (SSSR count). The lowest BCUT2D eigenvalue weighted by molar-refractivity contribution is 0.0179. The molecule has 3 N–H and O–H groups in total. The lowest BCUT2D eigenvalue weighted by Gasteiger charge is -2.35. The maximum atomic E-state index is 12.2. The molecule has 0 bridgehead atoms. The zero-order valence-electron chi connectivity index (χ0n) is 17.6. The Morgan fingerprint density at radius 2 is 1.79 bits per heavy atom. The molecule has 1 aromatic carbocycles. The summed E-state index contributed by atoms with van der Waals surface area (Å²) in [5.41, 5.74) is 0.733. The lowest BCUT2D eigenvalue weighted by Crippen LogP contribution is -2.44. The van der Waals surface area contributed by atoms with E-state index in [0.717, 1.165) is 38.0 Å². The van der Waals surface area contributed by atoms with Crippen LogP contribution in [0.5, 0.6) is 5.75 Å². The van der Waals surface area contributed by atoms with Crippen LogP contribution in [0.25, 0.3) is 0 Å². The minimum absolute atomic E-state index is 0. The summed E-state index contributed by atoms with van der Waals surface area (Å²) in [6.07, 6.45) is 3.90. The molecule has 157 valence electrons. The molecule has 0 aliphatic heterocycles. The molecule has 1 aliphatic carbocycles. The molecule has 7 nitrogen and oxygen atoms in total. The third kappa shape index (κ3) is 8.50. The summed E-state index contributed by atoms with van der Waals surface area (Å²) in [6, 6.07) is 8.84. The highest BCUT2D eigenvalue weighted by Gasteiger charge is 2.29.